The average Bonchev–Trinajstić information content (AvgIpc) is 3.26. The van der Waals surface area contributed by atoms with E-state index in [9.17, 15) is 0 Å². The summed E-state index contributed by atoms with van der Waals surface area (Å²) in [5.41, 5.74) is 6.37. The second-order valence-corrected chi connectivity index (χ2v) is 8.15. The molecule has 1 aromatic rings. The van der Waals surface area contributed by atoms with Crippen LogP contribution in [0, 0.1) is 5.92 Å². The number of anilines is 1. The number of nitrogens with zero attached hydrogens (tertiary/aromatic N) is 5. The Bertz CT molecular complexity index is 563. The fraction of sp³-hybridized carbons (Fsp3) is 0.789. The maximum Gasteiger partial charge on any atom is 0.191 e. The van der Waals surface area contributed by atoms with Crippen LogP contribution in [0.15, 0.2) is 16.6 Å². The van der Waals surface area contributed by atoms with Crippen LogP contribution in [0.2, 0.25) is 0 Å². The number of hydrogen-bond donors (Lipinski definition) is 1. The van der Waals surface area contributed by atoms with Gasteiger partial charge in [0.15, 0.2) is 11.1 Å². The van der Waals surface area contributed by atoms with Crippen LogP contribution in [0.4, 0.5) is 5.13 Å². The van der Waals surface area contributed by atoms with Crippen LogP contribution >= 0.6 is 11.3 Å². The quantitative estimate of drug-likeness (QED) is 0.561. The van der Waals surface area contributed by atoms with Crippen molar-refractivity contribution < 1.29 is 4.74 Å². The number of aliphatic imine (C=N–C) groups is 1. The molecule has 2 aliphatic rings. The summed E-state index contributed by atoms with van der Waals surface area (Å²) in [5.74, 6) is 1.35. The third kappa shape index (κ3) is 5.33. The first-order valence-electron chi connectivity index (χ1n) is 10.2. The van der Waals surface area contributed by atoms with Crippen molar-refractivity contribution in [2.75, 3.05) is 63.9 Å². The lowest BCUT2D eigenvalue weighted by atomic mass is 9.92. The molecule has 2 N–H and O–H groups in total. The lowest BCUT2D eigenvalue weighted by molar-refractivity contribution is 0.00392. The highest BCUT2D eigenvalue weighted by Crippen LogP contribution is 2.21. The Labute approximate surface area is 167 Å². The largest absolute Gasteiger partial charge is 0.379 e. The second kappa shape index (κ2) is 10.2. The van der Waals surface area contributed by atoms with Gasteiger partial charge in [0.05, 0.1) is 19.8 Å². The minimum atomic E-state index is 0.457. The van der Waals surface area contributed by atoms with E-state index in [2.05, 4.69) is 33.5 Å². The molecule has 2 fully saturated rings. The van der Waals surface area contributed by atoms with Crippen LogP contribution in [0.5, 0.6) is 0 Å². The van der Waals surface area contributed by atoms with Crippen molar-refractivity contribution in [2.24, 2.45) is 16.6 Å². The van der Waals surface area contributed by atoms with Gasteiger partial charge in [0.1, 0.15) is 0 Å². The van der Waals surface area contributed by atoms with Gasteiger partial charge in [-0.2, -0.15) is 0 Å². The average molecular weight is 395 g/mol. The molecule has 0 bridgehead atoms. The van der Waals surface area contributed by atoms with E-state index < -0.39 is 0 Å². The molecule has 1 unspecified atom stereocenters. The van der Waals surface area contributed by atoms with Crippen LogP contribution in [0.1, 0.15) is 26.7 Å². The number of morpholine rings is 1. The second-order valence-electron chi connectivity index (χ2n) is 7.28. The molecule has 2 saturated heterocycles. The van der Waals surface area contributed by atoms with Gasteiger partial charge >= 0.3 is 0 Å². The lowest BCUT2D eigenvalue weighted by Crippen LogP contribution is -2.52. The van der Waals surface area contributed by atoms with Gasteiger partial charge in [-0.1, -0.05) is 26.7 Å². The first-order chi connectivity index (χ1) is 13.2. The molecule has 0 saturated carbocycles. The molecule has 27 heavy (non-hydrogen) atoms. The lowest BCUT2D eigenvalue weighted by Gasteiger charge is -2.38. The molecule has 0 spiro atoms. The Balaban J connectivity index is 1.56. The maximum atomic E-state index is 6.37. The zero-order chi connectivity index (χ0) is 19.1. The smallest absolute Gasteiger partial charge is 0.191 e. The molecule has 3 heterocycles. The van der Waals surface area contributed by atoms with Crippen molar-refractivity contribution in [1.82, 2.24) is 14.8 Å². The van der Waals surface area contributed by atoms with E-state index >= 15 is 0 Å². The van der Waals surface area contributed by atoms with Crippen LogP contribution in [0.25, 0.3) is 0 Å². The number of nitrogens with two attached hydrogens (primary N) is 1. The fourth-order valence-electron chi connectivity index (χ4n) is 4.09. The minimum absolute atomic E-state index is 0.457. The van der Waals surface area contributed by atoms with Crippen molar-refractivity contribution >= 4 is 22.4 Å². The monoisotopic (exact) mass is 394 g/mol. The van der Waals surface area contributed by atoms with E-state index in [1.165, 1.54) is 12.8 Å². The summed E-state index contributed by atoms with van der Waals surface area (Å²) in [7, 11) is 0. The van der Waals surface area contributed by atoms with Gasteiger partial charge in [0.25, 0.3) is 0 Å². The van der Waals surface area contributed by atoms with E-state index in [1.54, 1.807) is 11.3 Å². The molecular weight excluding hydrogens is 360 g/mol. The fourth-order valence-corrected chi connectivity index (χ4v) is 4.79. The van der Waals surface area contributed by atoms with E-state index in [0.29, 0.717) is 17.9 Å². The Morgan fingerprint density at radius 1 is 1.19 bits per heavy atom. The number of hydrogen-bond acceptors (Lipinski definition) is 6. The Morgan fingerprint density at radius 3 is 2.48 bits per heavy atom. The van der Waals surface area contributed by atoms with Gasteiger partial charge in [-0.05, 0) is 5.92 Å². The van der Waals surface area contributed by atoms with Crippen molar-refractivity contribution in [3.63, 3.8) is 0 Å². The summed E-state index contributed by atoms with van der Waals surface area (Å²) < 4.78 is 5.54. The number of ether oxygens (including phenoxy) is 1. The number of piperazine rings is 1. The van der Waals surface area contributed by atoms with E-state index in [1.807, 2.05) is 11.6 Å². The number of aromatic nitrogens is 1. The molecule has 2 aliphatic heterocycles. The Morgan fingerprint density at radius 2 is 1.89 bits per heavy atom. The molecular formula is C19H34N6OS. The van der Waals surface area contributed by atoms with Gasteiger partial charge in [0, 0.05) is 56.9 Å². The molecule has 1 aromatic heterocycles. The van der Waals surface area contributed by atoms with Crippen LogP contribution in [-0.2, 0) is 4.74 Å². The molecule has 152 valence electrons. The van der Waals surface area contributed by atoms with E-state index in [0.717, 1.165) is 64.2 Å². The SMILES string of the molecule is CCC(CC)C(CN=C(N)N1CCN(c2nccs2)CC1)N1CCOCC1. The number of rotatable bonds is 7. The molecule has 0 aliphatic carbocycles. The van der Waals surface area contributed by atoms with Gasteiger partial charge in [-0.25, -0.2) is 4.98 Å². The van der Waals surface area contributed by atoms with Crippen molar-refractivity contribution in [1.29, 1.82) is 0 Å². The summed E-state index contributed by atoms with van der Waals surface area (Å²) in [5, 5.41) is 3.13. The first-order valence-corrected chi connectivity index (χ1v) is 11.1. The van der Waals surface area contributed by atoms with E-state index in [-0.39, 0.29) is 0 Å². The number of thiazole rings is 1. The highest BCUT2D eigenvalue weighted by molar-refractivity contribution is 7.13. The summed E-state index contributed by atoms with van der Waals surface area (Å²) in [6.07, 6.45) is 4.23. The van der Waals surface area contributed by atoms with Crippen LogP contribution in [-0.4, -0.2) is 85.8 Å². The molecule has 7 nitrogen and oxygen atoms in total. The topological polar surface area (TPSA) is 70.2 Å². The van der Waals surface area contributed by atoms with Crippen molar-refractivity contribution in [2.45, 2.75) is 32.7 Å². The predicted molar refractivity (Wildman–Crippen MR) is 113 cm³/mol. The van der Waals surface area contributed by atoms with Gasteiger partial charge in [-0.15, -0.1) is 11.3 Å². The summed E-state index contributed by atoms with van der Waals surface area (Å²) >= 11 is 1.70. The van der Waals surface area contributed by atoms with Crippen LogP contribution in [0.3, 0.4) is 0 Å². The van der Waals surface area contributed by atoms with Crippen LogP contribution < -0.4 is 10.6 Å². The highest BCUT2D eigenvalue weighted by atomic mass is 32.1. The zero-order valence-electron chi connectivity index (χ0n) is 16.7. The van der Waals surface area contributed by atoms with E-state index in [4.69, 9.17) is 15.5 Å². The molecule has 0 amide bonds. The normalized spacial score (nSPS) is 21.1. The third-order valence-corrected chi connectivity index (χ3v) is 6.67. The minimum Gasteiger partial charge on any atom is -0.379 e. The van der Waals surface area contributed by atoms with Gasteiger partial charge in [0.2, 0.25) is 0 Å². The van der Waals surface area contributed by atoms with Gasteiger partial charge in [-0.3, -0.25) is 9.89 Å². The van der Waals surface area contributed by atoms with Crippen molar-refractivity contribution in [3.8, 4) is 0 Å². The first kappa shape index (κ1) is 20.4. The molecule has 1 atom stereocenters. The highest BCUT2D eigenvalue weighted by Gasteiger charge is 2.27. The summed E-state index contributed by atoms with van der Waals surface area (Å²) in [6.45, 7) is 12.7. The Kier molecular flexibility index (Phi) is 7.72. The molecule has 8 heteroatoms. The van der Waals surface area contributed by atoms with Crippen molar-refractivity contribution in [3.05, 3.63) is 11.6 Å². The zero-order valence-corrected chi connectivity index (χ0v) is 17.5. The third-order valence-electron chi connectivity index (χ3n) is 5.84. The molecule has 0 radical (unpaired) electrons. The van der Waals surface area contributed by atoms with Gasteiger partial charge < -0.3 is 20.3 Å². The Hall–Kier alpha value is -1.38. The standard InChI is InChI=1S/C19H34N6OS/c1-3-16(4-2)17(23-10-12-26-13-11-23)15-22-18(20)24-6-8-25(9-7-24)19-21-5-14-27-19/h5,14,16-17H,3-4,6-13,15H2,1-2H3,(H2,20,22). The maximum absolute atomic E-state index is 6.37. The molecule has 3 rings (SSSR count). The summed E-state index contributed by atoms with van der Waals surface area (Å²) in [4.78, 5) is 16.3. The molecule has 0 aromatic carbocycles. The predicted octanol–water partition coefficient (Wildman–Crippen LogP) is 1.72. The summed E-state index contributed by atoms with van der Waals surface area (Å²) in [6, 6.07) is 0.457. The number of guanidine groups is 1.